The van der Waals surface area contributed by atoms with Gasteiger partial charge in [-0.2, -0.15) is 0 Å². The Labute approximate surface area is 237 Å². The van der Waals surface area contributed by atoms with E-state index in [0.29, 0.717) is 16.0 Å². The van der Waals surface area contributed by atoms with Crippen molar-refractivity contribution in [3.8, 4) is 5.75 Å². The molecule has 1 atom stereocenters. The van der Waals surface area contributed by atoms with Crippen LogP contribution < -0.4 is 9.64 Å². The van der Waals surface area contributed by atoms with Crippen molar-refractivity contribution in [1.82, 2.24) is 0 Å². The number of benzene rings is 4. The first-order valence-electron chi connectivity index (χ1n) is 12.1. The van der Waals surface area contributed by atoms with Crippen LogP contribution >= 0.6 is 11.6 Å². The number of imide groups is 1. The standard InChI is InChI=1S/C30H19ClN2O8/c1-40-24-16-23(32-28(35)19-13-8-14-22(33(38)39)25(19)29(32)36)21(31)15-20(24)30(37)41-27(18-11-6-3-7-12-18)26(34)17-9-4-2-5-10-17/h2-16,27H,1H3/t27-/m0/s1. The molecule has 1 aliphatic rings. The first-order chi connectivity index (χ1) is 19.7. The number of hydrogen-bond donors (Lipinski definition) is 0. The molecule has 1 aliphatic heterocycles. The highest BCUT2D eigenvalue weighted by Gasteiger charge is 2.43. The number of hydrogen-bond acceptors (Lipinski definition) is 8. The van der Waals surface area contributed by atoms with Gasteiger partial charge in [-0.3, -0.25) is 24.5 Å². The van der Waals surface area contributed by atoms with Crippen LogP contribution in [0.4, 0.5) is 11.4 Å². The van der Waals surface area contributed by atoms with Crippen LogP contribution in [0.3, 0.4) is 0 Å². The zero-order valence-electron chi connectivity index (χ0n) is 21.3. The first-order valence-corrected chi connectivity index (χ1v) is 12.5. The molecule has 4 aromatic carbocycles. The second-order valence-electron chi connectivity index (χ2n) is 8.83. The third-order valence-corrected chi connectivity index (χ3v) is 6.75. The van der Waals surface area contributed by atoms with Crippen LogP contribution in [-0.4, -0.2) is 35.6 Å². The SMILES string of the molecule is COc1cc(N2C(=O)c3cccc([N+](=O)[O-])c3C2=O)c(Cl)cc1C(=O)O[C@H](C(=O)c1ccccc1)c1ccccc1. The number of halogens is 1. The number of rotatable bonds is 8. The van der Waals surface area contributed by atoms with E-state index in [0.717, 1.165) is 12.1 Å². The summed E-state index contributed by atoms with van der Waals surface area (Å²) < 4.78 is 11.0. The Bertz CT molecular complexity index is 1720. The van der Waals surface area contributed by atoms with E-state index in [-0.39, 0.29) is 33.1 Å². The number of fused-ring (bicyclic) bond motifs is 1. The lowest BCUT2D eigenvalue weighted by Crippen LogP contribution is -2.30. The highest BCUT2D eigenvalue weighted by atomic mass is 35.5. The van der Waals surface area contributed by atoms with Crippen molar-refractivity contribution in [3.05, 3.63) is 134 Å². The normalized spacial score (nSPS) is 13.0. The van der Waals surface area contributed by atoms with Crippen molar-refractivity contribution in [2.75, 3.05) is 12.0 Å². The van der Waals surface area contributed by atoms with Crippen LogP contribution in [0.5, 0.6) is 5.75 Å². The molecule has 1 heterocycles. The molecule has 5 rings (SSSR count). The predicted molar refractivity (Wildman–Crippen MR) is 148 cm³/mol. The fourth-order valence-corrected chi connectivity index (χ4v) is 4.75. The topological polar surface area (TPSA) is 133 Å². The molecule has 0 N–H and O–H groups in total. The van der Waals surface area contributed by atoms with Gasteiger partial charge in [0, 0.05) is 23.3 Å². The largest absolute Gasteiger partial charge is 0.496 e. The predicted octanol–water partition coefficient (Wildman–Crippen LogP) is 5.84. The summed E-state index contributed by atoms with van der Waals surface area (Å²) >= 11 is 6.46. The van der Waals surface area contributed by atoms with Crippen LogP contribution in [-0.2, 0) is 4.74 Å². The third-order valence-electron chi connectivity index (χ3n) is 6.44. The van der Waals surface area contributed by atoms with Crippen molar-refractivity contribution in [3.63, 3.8) is 0 Å². The number of Topliss-reactive ketones (excluding diaryl/α,β-unsaturated/α-hetero) is 1. The maximum absolute atomic E-state index is 13.4. The Kier molecular flexibility index (Phi) is 7.32. The summed E-state index contributed by atoms with van der Waals surface area (Å²) in [6, 6.07) is 22.8. The van der Waals surface area contributed by atoms with Crippen molar-refractivity contribution < 1.29 is 33.6 Å². The molecule has 0 aromatic heterocycles. The second kappa shape index (κ2) is 11.0. The molecule has 0 unspecified atom stereocenters. The quantitative estimate of drug-likeness (QED) is 0.0848. The fourth-order valence-electron chi connectivity index (χ4n) is 4.51. The van der Waals surface area contributed by atoms with Crippen molar-refractivity contribution in [1.29, 1.82) is 0 Å². The molecule has 0 saturated carbocycles. The van der Waals surface area contributed by atoms with Gasteiger partial charge < -0.3 is 9.47 Å². The minimum atomic E-state index is -1.30. The Hall–Kier alpha value is -5.35. The van der Waals surface area contributed by atoms with Gasteiger partial charge in [-0.25, -0.2) is 9.69 Å². The molecule has 0 spiro atoms. The van der Waals surface area contributed by atoms with E-state index in [9.17, 15) is 29.3 Å². The van der Waals surface area contributed by atoms with Crippen molar-refractivity contribution in [2.24, 2.45) is 0 Å². The van der Waals surface area contributed by atoms with Gasteiger partial charge in [0.15, 0.2) is 6.10 Å². The lowest BCUT2D eigenvalue weighted by Gasteiger charge is -2.20. The zero-order chi connectivity index (χ0) is 29.3. The molecule has 0 aliphatic carbocycles. The van der Waals surface area contributed by atoms with E-state index in [4.69, 9.17) is 21.1 Å². The molecule has 4 aromatic rings. The van der Waals surface area contributed by atoms with E-state index in [2.05, 4.69) is 0 Å². The molecule has 2 amide bonds. The Morgan fingerprint density at radius 3 is 2.20 bits per heavy atom. The van der Waals surface area contributed by atoms with Crippen LogP contribution in [0.25, 0.3) is 0 Å². The number of carbonyl (C=O) groups is 4. The number of amides is 2. The van der Waals surface area contributed by atoms with E-state index in [1.54, 1.807) is 60.7 Å². The van der Waals surface area contributed by atoms with Crippen LogP contribution in [0.1, 0.15) is 53.1 Å². The summed E-state index contributed by atoms with van der Waals surface area (Å²) in [4.78, 5) is 64.5. The number of ether oxygens (including phenoxy) is 2. The number of nitrogens with zero attached hydrogens (tertiary/aromatic N) is 2. The number of anilines is 1. The Morgan fingerprint density at radius 2 is 1.56 bits per heavy atom. The van der Waals surface area contributed by atoms with Gasteiger partial charge in [0.25, 0.3) is 17.5 Å². The van der Waals surface area contributed by atoms with Gasteiger partial charge >= 0.3 is 5.97 Å². The third kappa shape index (κ3) is 4.92. The minimum absolute atomic E-state index is 0.112. The average Bonchev–Trinajstić information content (AvgIpc) is 3.25. The summed E-state index contributed by atoms with van der Waals surface area (Å²) in [6.07, 6.45) is -1.30. The van der Waals surface area contributed by atoms with Crippen molar-refractivity contribution in [2.45, 2.75) is 6.10 Å². The highest BCUT2D eigenvalue weighted by Crippen LogP contribution is 2.40. The second-order valence-corrected chi connectivity index (χ2v) is 9.24. The maximum Gasteiger partial charge on any atom is 0.343 e. The summed E-state index contributed by atoms with van der Waals surface area (Å²) in [5, 5.41) is 11.3. The Balaban J connectivity index is 1.51. The molecule has 0 fully saturated rings. The number of esters is 1. The van der Waals surface area contributed by atoms with E-state index in [1.807, 2.05) is 0 Å². The molecular weight excluding hydrogens is 552 g/mol. The summed E-state index contributed by atoms with van der Waals surface area (Å²) in [6.45, 7) is 0. The number of carbonyl (C=O) groups excluding carboxylic acids is 4. The average molecular weight is 571 g/mol. The number of nitro benzene ring substituents is 1. The molecule has 10 nitrogen and oxygen atoms in total. The van der Waals surface area contributed by atoms with Gasteiger partial charge in [0.1, 0.15) is 16.9 Å². The molecule has 41 heavy (non-hydrogen) atoms. The minimum Gasteiger partial charge on any atom is -0.496 e. The van der Waals surface area contributed by atoms with Gasteiger partial charge in [-0.1, -0.05) is 78.3 Å². The zero-order valence-corrected chi connectivity index (χ0v) is 22.0. The van der Waals surface area contributed by atoms with Crippen LogP contribution in [0, 0.1) is 10.1 Å². The van der Waals surface area contributed by atoms with Crippen molar-refractivity contribution >= 4 is 46.5 Å². The lowest BCUT2D eigenvalue weighted by molar-refractivity contribution is -0.385. The van der Waals surface area contributed by atoms with Crippen LogP contribution in [0.2, 0.25) is 5.02 Å². The van der Waals surface area contributed by atoms with Gasteiger partial charge in [-0.05, 0) is 12.1 Å². The summed E-state index contributed by atoms with van der Waals surface area (Å²) in [5.74, 6) is -3.30. The molecule has 0 saturated heterocycles. The van der Waals surface area contributed by atoms with Gasteiger partial charge in [-0.15, -0.1) is 0 Å². The lowest BCUT2D eigenvalue weighted by atomic mass is 9.99. The first kappa shape index (κ1) is 27.2. The molecular formula is C30H19ClN2O8. The number of ketones is 1. The van der Waals surface area contributed by atoms with E-state index in [1.165, 1.54) is 25.3 Å². The smallest absolute Gasteiger partial charge is 0.343 e. The number of nitro groups is 1. The monoisotopic (exact) mass is 570 g/mol. The highest BCUT2D eigenvalue weighted by molar-refractivity contribution is 6.40. The molecule has 0 bridgehead atoms. The van der Waals surface area contributed by atoms with E-state index >= 15 is 0 Å². The summed E-state index contributed by atoms with van der Waals surface area (Å²) in [7, 11) is 1.25. The summed E-state index contributed by atoms with van der Waals surface area (Å²) in [5.41, 5.74) is -0.620. The Morgan fingerprint density at radius 1 is 0.902 bits per heavy atom. The molecule has 0 radical (unpaired) electrons. The molecule has 11 heteroatoms. The maximum atomic E-state index is 13.4. The number of methoxy groups -OCH3 is 1. The van der Waals surface area contributed by atoms with E-state index < -0.39 is 40.3 Å². The fraction of sp³-hybridized carbons (Fsp3) is 0.0667. The molecule has 204 valence electrons. The van der Waals surface area contributed by atoms with Gasteiger partial charge in [0.2, 0.25) is 5.78 Å². The van der Waals surface area contributed by atoms with Gasteiger partial charge in [0.05, 0.1) is 28.3 Å². The van der Waals surface area contributed by atoms with Crippen LogP contribution in [0.15, 0.2) is 91.0 Å².